The molecule has 0 aliphatic carbocycles. The molecule has 0 bridgehead atoms. The molecule has 0 radical (unpaired) electrons. The number of benzene rings is 2. The molecule has 0 atom stereocenters. The Kier molecular flexibility index (Phi) is 6.56. The van der Waals surface area contributed by atoms with E-state index in [0.717, 1.165) is 11.3 Å². The highest BCUT2D eigenvalue weighted by Gasteiger charge is 2.08. The first-order chi connectivity index (χ1) is 11.1. The minimum Gasteiger partial charge on any atom is -0.492 e. The van der Waals surface area contributed by atoms with Gasteiger partial charge in [0.05, 0.1) is 11.6 Å². The lowest BCUT2D eigenvalue weighted by atomic mass is 10.2. The van der Waals surface area contributed by atoms with Gasteiger partial charge in [0, 0.05) is 0 Å². The summed E-state index contributed by atoms with van der Waals surface area (Å²) in [6, 6.07) is 12.7. The highest BCUT2D eigenvalue weighted by Crippen LogP contribution is 2.31. The summed E-state index contributed by atoms with van der Waals surface area (Å²) in [5.74, 6) is 0.903. The van der Waals surface area contributed by atoms with E-state index in [1.165, 1.54) is 0 Å². The van der Waals surface area contributed by atoms with Gasteiger partial charge in [-0.1, -0.05) is 41.4 Å². The number of hydrogen-bond donors (Lipinski definition) is 1. The van der Waals surface area contributed by atoms with E-state index < -0.39 is 0 Å². The molecule has 0 aromatic heterocycles. The van der Waals surface area contributed by atoms with Gasteiger partial charge in [0.15, 0.2) is 6.61 Å². The van der Waals surface area contributed by atoms with Gasteiger partial charge in [-0.05, 0) is 36.8 Å². The van der Waals surface area contributed by atoms with E-state index >= 15 is 0 Å². The zero-order valence-electron chi connectivity index (χ0n) is 12.6. The molecule has 0 spiro atoms. The maximum Gasteiger partial charge on any atom is 0.258 e. The van der Waals surface area contributed by atoms with Crippen LogP contribution < -0.4 is 14.8 Å². The second-order valence-electron chi connectivity index (χ2n) is 4.86. The van der Waals surface area contributed by atoms with E-state index in [9.17, 15) is 4.79 Å². The Bertz CT molecular complexity index is 677. The van der Waals surface area contributed by atoms with Crippen LogP contribution in [0.15, 0.2) is 42.5 Å². The summed E-state index contributed by atoms with van der Waals surface area (Å²) >= 11 is 11.8. The fourth-order valence-corrected chi connectivity index (χ4v) is 2.20. The first-order valence-electron chi connectivity index (χ1n) is 7.09. The first-order valence-corrected chi connectivity index (χ1v) is 7.85. The molecule has 2 aromatic rings. The van der Waals surface area contributed by atoms with Gasteiger partial charge in [0.25, 0.3) is 5.91 Å². The average Bonchev–Trinajstić information content (AvgIpc) is 2.53. The highest BCUT2D eigenvalue weighted by atomic mass is 35.5. The summed E-state index contributed by atoms with van der Waals surface area (Å²) in [6.45, 7) is 2.63. The van der Waals surface area contributed by atoms with Crippen molar-refractivity contribution in [3.63, 3.8) is 0 Å². The maximum absolute atomic E-state index is 11.7. The summed E-state index contributed by atoms with van der Waals surface area (Å²) in [7, 11) is 0. The van der Waals surface area contributed by atoms with Crippen LogP contribution >= 0.6 is 23.2 Å². The number of carbonyl (C=O) groups excluding carboxylic acids is 1. The standard InChI is InChI=1S/C17H17Cl2NO3/c1-12-4-2-5-13(10-12)22-9-8-20-16(21)11-23-15-7-3-6-14(18)17(15)19/h2-7,10H,8-9,11H2,1H3,(H,20,21). The Morgan fingerprint density at radius 2 is 1.91 bits per heavy atom. The molecule has 0 heterocycles. The van der Waals surface area contributed by atoms with Crippen LogP contribution in [-0.2, 0) is 4.79 Å². The molecule has 0 saturated heterocycles. The number of ether oxygens (including phenoxy) is 2. The third-order valence-corrected chi connectivity index (χ3v) is 3.76. The largest absolute Gasteiger partial charge is 0.492 e. The fourth-order valence-electron chi connectivity index (χ4n) is 1.85. The number of halogens is 2. The van der Waals surface area contributed by atoms with Crippen LogP contribution in [0, 0.1) is 6.92 Å². The van der Waals surface area contributed by atoms with E-state index in [1.807, 2.05) is 31.2 Å². The molecule has 0 aliphatic rings. The maximum atomic E-state index is 11.7. The molecule has 2 rings (SSSR count). The molecular formula is C17H17Cl2NO3. The molecule has 6 heteroatoms. The number of amides is 1. The summed E-state index contributed by atoms with van der Waals surface area (Å²) in [6.07, 6.45) is 0. The number of aryl methyl sites for hydroxylation is 1. The van der Waals surface area contributed by atoms with E-state index in [-0.39, 0.29) is 12.5 Å². The van der Waals surface area contributed by atoms with Crippen LogP contribution in [0.25, 0.3) is 0 Å². The lowest BCUT2D eigenvalue weighted by Gasteiger charge is -2.10. The van der Waals surface area contributed by atoms with Crippen molar-refractivity contribution in [2.45, 2.75) is 6.92 Å². The smallest absolute Gasteiger partial charge is 0.258 e. The van der Waals surface area contributed by atoms with Gasteiger partial charge in [-0.3, -0.25) is 4.79 Å². The van der Waals surface area contributed by atoms with Crippen LogP contribution in [0.5, 0.6) is 11.5 Å². The lowest BCUT2D eigenvalue weighted by Crippen LogP contribution is -2.32. The van der Waals surface area contributed by atoms with Crippen molar-refractivity contribution >= 4 is 29.1 Å². The van der Waals surface area contributed by atoms with Crippen molar-refractivity contribution < 1.29 is 14.3 Å². The molecule has 122 valence electrons. The molecule has 0 fully saturated rings. The Balaban J connectivity index is 1.68. The Morgan fingerprint density at radius 1 is 1.13 bits per heavy atom. The fraction of sp³-hybridized carbons (Fsp3) is 0.235. The molecule has 4 nitrogen and oxygen atoms in total. The Labute approximate surface area is 145 Å². The van der Waals surface area contributed by atoms with Gasteiger partial charge in [0.1, 0.15) is 23.1 Å². The van der Waals surface area contributed by atoms with Gasteiger partial charge in [-0.25, -0.2) is 0 Å². The number of nitrogens with one attached hydrogen (secondary N) is 1. The zero-order valence-corrected chi connectivity index (χ0v) is 14.2. The van der Waals surface area contributed by atoms with Crippen LogP contribution in [0.3, 0.4) is 0 Å². The van der Waals surface area contributed by atoms with Crippen LogP contribution in [0.1, 0.15) is 5.56 Å². The molecule has 23 heavy (non-hydrogen) atoms. The molecular weight excluding hydrogens is 337 g/mol. The van der Waals surface area contributed by atoms with Crippen molar-refractivity contribution in [1.29, 1.82) is 0 Å². The topological polar surface area (TPSA) is 47.6 Å². The van der Waals surface area contributed by atoms with Gasteiger partial charge in [0.2, 0.25) is 0 Å². The normalized spacial score (nSPS) is 10.2. The van der Waals surface area contributed by atoms with Gasteiger partial charge in [-0.15, -0.1) is 0 Å². The highest BCUT2D eigenvalue weighted by molar-refractivity contribution is 6.42. The first kappa shape index (κ1) is 17.4. The summed E-state index contributed by atoms with van der Waals surface area (Å²) < 4.78 is 10.9. The lowest BCUT2D eigenvalue weighted by molar-refractivity contribution is -0.123. The molecule has 0 saturated carbocycles. The van der Waals surface area contributed by atoms with E-state index in [1.54, 1.807) is 18.2 Å². The Morgan fingerprint density at radius 3 is 2.70 bits per heavy atom. The van der Waals surface area contributed by atoms with Crippen molar-refractivity contribution in [2.24, 2.45) is 0 Å². The summed E-state index contributed by atoms with van der Waals surface area (Å²) in [5.41, 5.74) is 1.12. The second kappa shape index (κ2) is 8.65. The summed E-state index contributed by atoms with van der Waals surface area (Å²) in [4.78, 5) is 11.7. The molecule has 1 N–H and O–H groups in total. The van der Waals surface area contributed by atoms with Crippen molar-refractivity contribution in [3.05, 3.63) is 58.1 Å². The van der Waals surface area contributed by atoms with Crippen molar-refractivity contribution in [2.75, 3.05) is 19.8 Å². The van der Waals surface area contributed by atoms with Crippen molar-refractivity contribution in [3.8, 4) is 11.5 Å². The zero-order chi connectivity index (χ0) is 16.7. The minimum absolute atomic E-state index is 0.134. The molecule has 1 amide bonds. The van der Waals surface area contributed by atoms with E-state index in [2.05, 4.69) is 5.32 Å². The molecule has 2 aromatic carbocycles. The van der Waals surface area contributed by atoms with Crippen LogP contribution in [-0.4, -0.2) is 25.7 Å². The average molecular weight is 354 g/mol. The predicted octanol–water partition coefficient (Wildman–Crippen LogP) is 3.88. The Hall–Kier alpha value is -1.91. The van der Waals surface area contributed by atoms with Gasteiger partial charge < -0.3 is 14.8 Å². The number of rotatable bonds is 7. The van der Waals surface area contributed by atoms with Gasteiger partial charge >= 0.3 is 0 Å². The quantitative estimate of drug-likeness (QED) is 0.768. The number of hydrogen-bond acceptors (Lipinski definition) is 3. The van der Waals surface area contributed by atoms with Crippen LogP contribution in [0.4, 0.5) is 0 Å². The van der Waals surface area contributed by atoms with E-state index in [4.69, 9.17) is 32.7 Å². The third kappa shape index (κ3) is 5.66. The summed E-state index contributed by atoms with van der Waals surface area (Å²) in [5, 5.41) is 3.39. The monoisotopic (exact) mass is 353 g/mol. The van der Waals surface area contributed by atoms with Crippen molar-refractivity contribution in [1.82, 2.24) is 5.32 Å². The predicted molar refractivity (Wildman–Crippen MR) is 91.6 cm³/mol. The van der Waals surface area contributed by atoms with E-state index in [0.29, 0.717) is 28.9 Å². The van der Waals surface area contributed by atoms with Gasteiger partial charge in [-0.2, -0.15) is 0 Å². The number of carbonyl (C=O) groups is 1. The third-order valence-electron chi connectivity index (χ3n) is 2.96. The molecule has 0 unspecified atom stereocenters. The van der Waals surface area contributed by atoms with Crippen LogP contribution in [0.2, 0.25) is 10.0 Å². The molecule has 0 aliphatic heterocycles. The SMILES string of the molecule is Cc1cccc(OCCNC(=O)COc2cccc(Cl)c2Cl)c1. The minimum atomic E-state index is -0.256. The second-order valence-corrected chi connectivity index (χ2v) is 5.64.